The van der Waals surface area contributed by atoms with Crippen LogP contribution in [0.25, 0.3) is 0 Å². The molecule has 2 aliphatic rings. The van der Waals surface area contributed by atoms with E-state index in [1.807, 2.05) is 6.20 Å². The summed E-state index contributed by atoms with van der Waals surface area (Å²) in [5.74, 6) is 1.75. The van der Waals surface area contributed by atoms with Gasteiger partial charge >= 0.3 is 12.2 Å². The second-order valence-corrected chi connectivity index (χ2v) is 10.5. The zero-order valence-corrected chi connectivity index (χ0v) is 21.3. The molecule has 0 unspecified atom stereocenters. The zero-order valence-electron chi connectivity index (χ0n) is 21.3. The average molecular weight is 530 g/mol. The number of anilines is 1. The number of benzene rings is 2. The molecule has 0 saturated carbocycles. The maximum Gasteiger partial charge on any atom is 0.573 e. The van der Waals surface area contributed by atoms with E-state index in [-0.39, 0.29) is 17.3 Å². The molecule has 202 valence electrons. The van der Waals surface area contributed by atoms with Crippen molar-refractivity contribution in [2.75, 3.05) is 18.0 Å². The Morgan fingerprint density at radius 2 is 1.74 bits per heavy atom. The molecular weight excluding hydrogens is 497 g/mol. The number of alkyl halides is 3. The van der Waals surface area contributed by atoms with Crippen molar-refractivity contribution in [2.24, 2.45) is 5.41 Å². The Balaban J connectivity index is 1.07. The van der Waals surface area contributed by atoms with Gasteiger partial charge in [0.25, 0.3) is 0 Å². The second-order valence-electron chi connectivity index (χ2n) is 10.5. The van der Waals surface area contributed by atoms with Gasteiger partial charge in [-0.25, -0.2) is 0 Å². The van der Waals surface area contributed by atoms with Gasteiger partial charge in [-0.15, -0.1) is 13.2 Å². The molecule has 0 bridgehead atoms. The number of hydrogen-bond acceptors (Lipinski definition) is 5. The minimum absolute atomic E-state index is 0.0202. The first kappa shape index (κ1) is 25.9. The highest BCUT2D eigenvalue weighted by molar-refractivity contribution is 5.48. The van der Waals surface area contributed by atoms with Crippen LogP contribution in [0.5, 0.6) is 11.5 Å². The SMILES string of the molecule is C=[N+](O)c1cn2c(n1)C[C@@](C)(CCc1ccc(N3CCC(Oc4ccc(OC(F)(F)F)cc4)CC3)cc1)C2. The van der Waals surface area contributed by atoms with E-state index in [0.29, 0.717) is 11.6 Å². The third-order valence-corrected chi connectivity index (χ3v) is 7.37. The summed E-state index contributed by atoms with van der Waals surface area (Å²) in [6.07, 6.45) is 1.74. The molecule has 1 saturated heterocycles. The molecule has 3 aromatic rings. The lowest BCUT2D eigenvalue weighted by molar-refractivity contribution is -0.708. The van der Waals surface area contributed by atoms with Crippen LogP contribution in [0, 0.1) is 5.41 Å². The summed E-state index contributed by atoms with van der Waals surface area (Å²) in [5.41, 5.74) is 2.62. The van der Waals surface area contributed by atoms with Crippen molar-refractivity contribution in [1.29, 1.82) is 0 Å². The van der Waals surface area contributed by atoms with Gasteiger partial charge in [0, 0.05) is 44.6 Å². The fourth-order valence-electron chi connectivity index (χ4n) is 5.32. The highest BCUT2D eigenvalue weighted by Gasteiger charge is 2.38. The lowest BCUT2D eigenvalue weighted by Gasteiger charge is -2.34. The zero-order chi connectivity index (χ0) is 26.9. The molecule has 1 fully saturated rings. The molecule has 1 atom stereocenters. The normalized spacial score (nSPS) is 19.8. The quantitative estimate of drug-likeness (QED) is 0.174. The Bertz CT molecular complexity index is 1240. The van der Waals surface area contributed by atoms with Crippen LogP contribution in [0.4, 0.5) is 24.7 Å². The molecule has 7 nitrogen and oxygen atoms in total. The lowest BCUT2D eigenvalue weighted by Crippen LogP contribution is -2.38. The molecule has 2 aromatic carbocycles. The van der Waals surface area contributed by atoms with Crippen LogP contribution in [0.1, 0.15) is 37.6 Å². The van der Waals surface area contributed by atoms with Crippen molar-refractivity contribution < 1.29 is 32.6 Å². The highest BCUT2D eigenvalue weighted by atomic mass is 19.4. The number of ether oxygens (including phenoxy) is 2. The summed E-state index contributed by atoms with van der Waals surface area (Å²) in [6, 6.07) is 14.3. The number of aromatic nitrogens is 2. The first-order valence-corrected chi connectivity index (χ1v) is 12.8. The van der Waals surface area contributed by atoms with Crippen LogP contribution >= 0.6 is 0 Å². The minimum atomic E-state index is -4.70. The number of aryl methyl sites for hydroxylation is 1. The highest BCUT2D eigenvalue weighted by Crippen LogP contribution is 2.37. The van der Waals surface area contributed by atoms with Crippen molar-refractivity contribution >= 4 is 18.2 Å². The van der Waals surface area contributed by atoms with E-state index in [1.165, 1.54) is 35.5 Å². The fraction of sp³-hybridized carbons (Fsp3) is 0.429. The molecule has 0 spiro atoms. The van der Waals surface area contributed by atoms with Crippen molar-refractivity contribution in [3.05, 3.63) is 66.1 Å². The maximum absolute atomic E-state index is 12.3. The minimum Gasteiger partial charge on any atom is -0.490 e. The van der Waals surface area contributed by atoms with Crippen LogP contribution in [-0.2, 0) is 19.4 Å². The fourth-order valence-corrected chi connectivity index (χ4v) is 5.32. The molecule has 3 heterocycles. The summed E-state index contributed by atoms with van der Waals surface area (Å²) in [4.78, 5) is 6.81. The van der Waals surface area contributed by atoms with Crippen molar-refractivity contribution in [3.63, 3.8) is 0 Å². The number of imidazole rings is 1. The van der Waals surface area contributed by atoms with E-state index in [0.717, 1.165) is 62.3 Å². The Kier molecular flexibility index (Phi) is 6.98. The van der Waals surface area contributed by atoms with E-state index in [4.69, 9.17) is 4.74 Å². The van der Waals surface area contributed by atoms with E-state index < -0.39 is 6.36 Å². The third-order valence-electron chi connectivity index (χ3n) is 7.37. The molecule has 0 radical (unpaired) electrons. The van der Waals surface area contributed by atoms with Gasteiger partial charge in [-0.1, -0.05) is 23.8 Å². The van der Waals surface area contributed by atoms with Crippen LogP contribution in [0.3, 0.4) is 0 Å². The summed E-state index contributed by atoms with van der Waals surface area (Å²) in [6.45, 7) is 8.34. The Morgan fingerprint density at radius 3 is 2.34 bits per heavy atom. The summed E-state index contributed by atoms with van der Waals surface area (Å²) in [5, 5.41) is 9.49. The van der Waals surface area contributed by atoms with Gasteiger partial charge in [0.2, 0.25) is 5.82 Å². The van der Waals surface area contributed by atoms with Gasteiger partial charge in [0.05, 0.1) is 0 Å². The summed E-state index contributed by atoms with van der Waals surface area (Å²) < 4.78 is 49.8. The molecule has 38 heavy (non-hydrogen) atoms. The number of nitrogens with zero attached hydrogens (tertiary/aromatic N) is 4. The monoisotopic (exact) mass is 529 g/mol. The Morgan fingerprint density at radius 1 is 1.08 bits per heavy atom. The second kappa shape index (κ2) is 10.2. The summed E-state index contributed by atoms with van der Waals surface area (Å²) in [7, 11) is 0. The first-order valence-electron chi connectivity index (χ1n) is 12.8. The van der Waals surface area contributed by atoms with E-state index in [2.05, 4.69) is 57.1 Å². The lowest BCUT2D eigenvalue weighted by atomic mass is 9.83. The molecule has 0 amide bonds. The number of piperidine rings is 1. The van der Waals surface area contributed by atoms with Crippen LogP contribution < -0.4 is 14.4 Å². The number of rotatable bonds is 8. The topological polar surface area (TPSA) is 62.8 Å². The molecule has 1 aromatic heterocycles. The average Bonchev–Trinajstić information content (AvgIpc) is 3.40. The van der Waals surface area contributed by atoms with Crippen molar-refractivity contribution in [3.8, 4) is 11.5 Å². The van der Waals surface area contributed by atoms with E-state index in [9.17, 15) is 18.4 Å². The van der Waals surface area contributed by atoms with E-state index >= 15 is 0 Å². The van der Waals surface area contributed by atoms with Crippen LogP contribution in [0.2, 0.25) is 0 Å². The Hall–Kier alpha value is -3.69. The van der Waals surface area contributed by atoms with Gasteiger partial charge in [-0.3, -0.25) is 0 Å². The molecule has 1 N–H and O–H groups in total. The van der Waals surface area contributed by atoms with Gasteiger partial charge in [0.1, 0.15) is 30.5 Å². The number of hydrogen-bond donors (Lipinski definition) is 1. The van der Waals surface area contributed by atoms with Crippen molar-refractivity contribution in [1.82, 2.24) is 9.55 Å². The van der Waals surface area contributed by atoms with Gasteiger partial charge in [-0.05, 0) is 65.2 Å². The van der Waals surface area contributed by atoms with E-state index in [1.54, 1.807) is 0 Å². The van der Waals surface area contributed by atoms with Gasteiger partial charge < -0.3 is 24.1 Å². The predicted molar refractivity (Wildman–Crippen MR) is 137 cm³/mol. The number of halogens is 3. The molecule has 10 heteroatoms. The van der Waals surface area contributed by atoms with Crippen LogP contribution in [-0.4, -0.2) is 51.8 Å². The number of fused-ring (bicyclic) bond motifs is 1. The molecule has 0 aliphatic carbocycles. The maximum atomic E-state index is 12.3. The first-order chi connectivity index (χ1) is 18.1. The van der Waals surface area contributed by atoms with Crippen molar-refractivity contribution in [2.45, 2.75) is 58.0 Å². The standard InChI is InChI=1S/C28H32F3N4O3/c1-27(17-25-32-26(33(2)36)18-35(25)19-27)14-11-20-3-5-21(6-4-20)34-15-12-23(13-16-34)37-22-7-9-24(10-8-22)38-28(29,30)31/h3-10,18,23,36H,2,11-17,19H2,1H3/q+1/t27-/m1/s1. The molecule has 2 aliphatic heterocycles. The van der Waals surface area contributed by atoms with Crippen LogP contribution in [0.15, 0.2) is 54.7 Å². The van der Waals surface area contributed by atoms with Gasteiger partial charge in [0.15, 0.2) is 0 Å². The smallest absolute Gasteiger partial charge is 0.490 e. The predicted octanol–water partition coefficient (Wildman–Crippen LogP) is 5.76. The summed E-state index contributed by atoms with van der Waals surface area (Å²) >= 11 is 0. The Labute approximate surface area is 219 Å². The molecular formula is C28H32F3N4O3+. The third kappa shape index (κ3) is 6.23. The largest absolute Gasteiger partial charge is 0.573 e. The molecule has 5 rings (SSSR count). The van der Waals surface area contributed by atoms with Gasteiger partial charge in [-0.2, -0.15) is 0 Å².